The first-order valence-electron chi connectivity index (χ1n) is 6.98. The highest BCUT2D eigenvalue weighted by atomic mass is 35.5. The first kappa shape index (κ1) is 16.7. The van der Waals surface area contributed by atoms with Crippen LogP contribution in [0.3, 0.4) is 0 Å². The molecule has 1 N–H and O–H groups in total. The van der Waals surface area contributed by atoms with Crippen LogP contribution in [0.2, 0.25) is 10.0 Å². The summed E-state index contributed by atoms with van der Waals surface area (Å²) in [4.78, 5) is 2.19. The van der Waals surface area contributed by atoms with Gasteiger partial charge in [0, 0.05) is 21.4 Å². The van der Waals surface area contributed by atoms with Gasteiger partial charge in [0.25, 0.3) is 0 Å². The van der Waals surface area contributed by atoms with Gasteiger partial charge in [0.1, 0.15) is 0 Å². The molecule has 0 atom stereocenters. The molecule has 0 aliphatic rings. The topological polar surface area (TPSA) is 12.0 Å². The predicted octanol–water partition coefficient (Wildman–Crippen LogP) is 5.89. The van der Waals surface area contributed by atoms with Crippen molar-refractivity contribution in [2.24, 2.45) is 5.92 Å². The quantitative estimate of drug-likeness (QED) is 0.704. The average molecular weight is 340 g/mol. The maximum absolute atomic E-state index is 6.38. The molecule has 0 aliphatic carbocycles. The van der Waals surface area contributed by atoms with Gasteiger partial charge in [-0.15, -0.1) is 0 Å². The Morgan fingerprint density at radius 1 is 1.10 bits per heavy atom. The Hall–Kier alpha value is -0.670. The molecule has 1 nitrogen and oxygen atoms in total. The highest BCUT2D eigenvalue weighted by Crippen LogP contribution is 2.36. The molecule has 0 spiro atoms. The van der Waals surface area contributed by atoms with Gasteiger partial charge in [-0.05, 0) is 42.3 Å². The van der Waals surface area contributed by atoms with Gasteiger partial charge in [0.15, 0.2) is 0 Å². The van der Waals surface area contributed by atoms with Crippen molar-refractivity contribution in [3.63, 3.8) is 0 Å². The largest absolute Gasteiger partial charge is 0.312 e. The van der Waals surface area contributed by atoms with E-state index in [9.17, 15) is 0 Å². The number of nitrogens with one attached hydrogen (secondary N) is 1. The van der Waals surface area contributed by atoms with E-state index in [1.807, 2.05) is 36.4 Å². The molecule has 0 bridgehead atoms. The smallest absolute Gasteiger partial charge is 0.0548 e. The summed E-state index contributed by atoms with van der Waals surface area (Å²) in [6.45, 7) is 6.22. The molecule has 0 saturated heterocycles. The van der Waals surface area contributed by atoms with Crippen LogP contribution < -0.4 is 5.32 Å². The van der Waals surface area contributed by atoms with Crippen molar-refractivity contribution in [2.75, 3.05) is 6.54 Å². The van der Waals surface area contributed by atoms with E-state index >= 15 is 0 Å². The zero-order valence-electron chi connectivity index (χ0n) is 12.2. The molecular formula is C17H19Cl2NS. The first-order chi connectivity index (χ1) is 10.1. The summed E-state index contributed by atoms with van der Waals surface area (Å²) in [5, 5.41) is 4.99. The summed E-state index contributed by atoms with van der Waals surface area (Å²) in [5.74, 6) is 0.633. The van der Waals surface area contributed by atoms with Crippen LogP contribution in [-0.2, 0) is 6.54 Å². The molecule has 0 aliphatic heterocycles. The summed E-state index contributed by atoms with van der Waals surface area (Å²) in [6, 6.07) is 13.9. The summed E-state index contributed by atoms with van der Waals surface area (Å²) < 4.78 is 0. The minimum absolute atomic E-state index is 0.633. The molecule has 0 fully saturated rings. The van der Waals surface area contributed by atoms with Crippen molar-refractivity contribution >= 4 is 35.0 Å². The molecule has 0 aromatic heterocycles. The lowest BCUT2D eigenvalue weighted by atomic mass is 10.2. The molecule has 0 unspecified atom stereocenters. The van der Waals surface area contributed by atoms with Crippen LogP contribution in [0.1, 0.15) is 19.4 Å². The van der Waals surface area contributed by atoms with E-state index in [0.29, 0.717) is 5.92 Å². The van der Waals surface area contributed by atoms with Crippen molar-refractivity contribution in [1.82, 2.24) is 5.32 Å². The van der Waals surface area contributed by atoms with Gasteiger partial charge in [0.2, 0.25) is 0 Å². The van der Waals surface area contributed by atoms with Crippen LogP contribution in [-0.4, -0.2) is 6.54 Å². The Kier molecular flexibility index (Phi) is 6.43. The summed E-state index contributed by atoms with van der Waals surface area (Å²) in [5.41, 5.74) is 1.22. The molecule has 21 heavy (non-hydrogen) atoms. The van der Waals surface area contributed by atoms with Gasteiger partial charge in [-0.1, -0.05) is 67.0 Å². The molecule has 0 amide bonds. The van der Waals surface area contributed by atoms with Crippen LogP contribution in [0, 0.1) is 5.92 Å². The van der Waals surface area contributed by atoms with E-state index in [2.05, 4.69) is 25.2 Å². The number of hydrogen-bond acceptors (Lipinski definition) is 2. The number of halogens is 2. The zero-order valence-corrected chi connectivity index (χ0v) is 14.5. The van der Waals surface area contributed by atoms with Crippen LogP contribution >= 0.6 is 35.0 Å². The lowest BCUT2D eigenvalue weighted by Gasteiger charge is -2.13. The third kappa shape index (κ3) is 5.23. The molecule has 112 valence electrons. The Labute approximate surface area is 141 Å². The minimum atomic E-state index is 0.633. The highest BCUT2D eigenvalue weighted by Gasteiger charge is 2.09. The summed E-state index contributed by atoms with van der Waals surface area (Å²) in [6.07, 6.45) is 0. The SMILES string of the molecule is CC(C)CNCc1cccc(Cl)c1Sc1cccc(Cl)c1. The average Bonchev–Trinajstić information content (AvgIpc) is 2.42. The number of benzene rings is 2. The van der Waals surface area contributed by atoms with Crippen LogP contribution in [0.5, 0.6) is 0 Å². The van der Waals surface area contributed by atoms with Crippen molar-refractivity contribution in [1.29, 1.82) is 0 Å². The third-order valence-electron chi connectivity index (χ3n) is 2.93. The van der Waals surface area contributed by atoms with Crippen LogP contribution in [0.25, 0.3) is 0 Å². The van der Waals surface area contributed by atoms with Crippen molar-refractivity contribution < 1.29 is 0 Å². The zero-order chi connectivity index (χ0) is 15.2. The Balaban J connectivity index is 2.17. The third-order valence-corrected chi connectivity index (χ3v) is 4.77. The fourth-order valence-electron chi connectivity index (χ4n) is 1.95. The second-order valence-corrected chi connectivity index (χ2v) is 7.24. The summed E-state index contributed by atoms with van der Waals surface area (Å²) >= 11 is 14.1. The van der Waals surface area contributed by atoms with Gasteiger partial charge in [-0.25, -0.2) is 0 Å². The molecule has 2 rings (SSSR count). The fraction of sp³-hybridized carbons (Fsp3) is 0.294. The summed E-state index contributed by atoms with van der Waals surface area (Å²) in [7, 11) is 0. The van der Waals surface area contributed by atoms with E-state index in [1.54, 1.807) is 11.8 Å². The number of hydrogen-bond donors (Lipinski definition) is 1. The lowest BCUT2D eigenvalue weighted by Crippen LogP contribution is -2.19. The van der Waals surface area contributed by atoms with Gasteiger partial charge in [-0.3, -0.25) is 0 Å². The standard InChI is InChI=1S/C17H19Cl2NS/c1-12(2)10-20-11-13-5-3-8-16(19)17(13)21-15-7-4-6-14(18)9-15/h3-9,12,20H,10-11H2,1-2H3. The van der Waals surface area contributed by atoms with Crippen LogP contribution in [0.4, 0.5) is 0 Å². The van der Waals surface area contributed by atoms with Gasteiger partial charge >= 0.3 is 0 Å². The van der Waals surface area contributed by atoms with Gasteiger partial charge < -0.3 is 5.32 Å². The Morgan fingerprint density at radius 2 is 1.86 bits per heavy atom. The number of rotatable bonds is 6. The molecule has 2 aromatic carbocycles. The van der Waals surface area contributed by atoms with Crippen molar-refractivity contribution in [3.8, 4) is 0 Å². The van der Waals surface area contributed by atoms with Gasteiger partial charge in [0.05, 0.1) is 5.02 Å². The molecule has 2 aromatic rings. The van der Waals surface area contributed by atoms with Crippen molar-refractivity contribution in [3.05, 3.63) is 58.1 Å². The maximum Gasteiger partial charge on any atom is 0.0548 e. The Bertz CT molecular complexity index is 599. The molecule has 0 saturated carbocycles. The monoisotopic (exact) mass is 339 g/mol. The fourth-order valence-corrected chi connectivity index (χ4v) is 3.52. The maximum atomic E-state index is 6.38. The highest BCUT2D eigenvalue weighted by molar-refractivity contribution is 7.99. The van der Waals surface area contributed by atoms with E-state index in [4.69, 9.17) is 23.2 Å². The molecule has 0 heterocycles. The second kappa shape index (κ2) is 8.09. The minimum Gasteiger partial charge on any atom is -0.312 e. The second-order valence-electron chi connectivity index (χ2n) is 5.31. The van der Waals surface area contributed by atoms with Crippen molar-refractivity contribution in [2.45, 2.75) is 30.2 Å². The Morgan fingerprint density at radius 3 is 2.57 bits per heavy atom. The van der Waals surface area contributed by atoms with E-state index in [0.717, 1.165) is 32.9 Å². The molecule has 0 radical (unpaired) electrons. The van der Waals surface area contributed by atoms with E-state index in [-0.39, 0.29) is 0 Å². The van der Waals surface area contributed by atoms with E-state index in [1.165, 1.54) is 5.56 Å². The first-order valence-corrected chi connectivity index (χ1v) is 8.55. The van der Waals surface area contributed by atoms with E-state index < -0.39 is 0 Å². The molecular weight excluding hydrogens is 321 g/mol. The normalized spacial score (nSPS) is 11.1. The van der Waals surface area contributed by atoms with Gasteiger partial charge in [-0.2, -0.15) is 0 Å². The predicted molar refractivity (Wildman–Crippen MR) is 93.6 cm³/mol. The van der Waals surface area contributed by atoms with Crippen LogP contribution in [0.15, 0.2) is 52.3 Å². The lowest BCUT2D eigenvalue weighted by molar-refractivity contribution is 0.550. The molecule has 4 heteroatoms.